The molecular formula is C16H12N4O5. The Bertz CT molecular complexity index is 1020. The summed E-state index contributed by atoms with van der Waals surface area (Å²) in [5.41, 5.74) is 1.89. The minimum atomic E-state index is -0.774. The molecule has 0 atom stereocenters. The van der Waals surface area contributed by atoms with Gasteiger partial charge in [0, 0.05) is 12.1 Å². The number of nitro benzene ring substituents is 2. The van der Waals surface area contributed by atoms with Crippen molar-refractivity contribution in [1.82, 2.24) is 9.55 Å². The van der Waals surface area contributed by atoms with Crippen molar-refractivity contribution >= 4 is 28.3 Å². The Hall–Kier alpha value is -3.62. The lowest BCUT2D eigenvalue weighted by Crippen LogP contribution is -2.11. The molecule has 2 aromatic carbocycles. The smallest absolute Gasteiger partial charge is 0.268 e. The Balaban J connectivity index is 2.17. The minimum Gasteiger partial charge on any atom is -0.268 e. The fourth-order valence-corrected chi connectivity index (χ4v) is 2.49. The summed E-state index contributed by atoms with van der Waals surface area (Å²) < 4.78 is 1.23. The number of rotatable bonds is 3. The van der Waals surface area contributed by atoms with Gasteiger partial charge >= 0.3 is 0 Å². The Morgan fingerprint density at radius 2 is 1.52 bits per heavy atom. The molecule has 0 bridgehead atoms. The highest BCUT2D eigenvalue weighted by Gasteiger charge is 2.22. The van der Waals surface area contributed by atoms with Crippen LogP contribution in [0.25, 0.3) is 11.0 Å². The fraction of sp³-hybridized carbons (Fsp3) is 0.125. The second kappa shape index (κ2) is 5.78. The number of carbonyl (C=O) groups excluding carboxylic acids is 1. The molecule has 1 heterocycles. The summed E-state index contributed by atoms with van der Waals surface area (Å²) in [5.74, 6) is -0.627. The van der Waals surface area contributed by atoms with Crippen LogP contribution in [0.4, 0.5) is 11.4 Å². The fourth-order valence-electron chi connectivity index (χ4n) is 2.49. The SMILES string of the molecule is Cc1cc2ncn(C(=O)c3cc([N+](=O)[O-])cc([N+](=O)[O-])c3)c2cc1C. The molecule has 0 radical (unpaired) electrons. The number of fused-ring (bicyclic) bond motifs is 1. The summed E-state index contributed by atoms with van der Waals surface area (Å²) in [5, 5.41) is 22.0. The van der Waals surface area contributed by atoms with E-state index in [1.165, 1.54) is 10.9 Å². The van der Waals surface area contributed by atoms with Crippen molar-refractivity contribution in [2.45, 2.75) is 13.8 Å². The molecule has 9 nitrogen and oxygen atoms in total. The van der Waals surface area contributed by atoms with Crippen LogP contribution >= 0.6 is 0 Å². The van der Waals surface area contributed by atoms with Crippen molar-refractivity contribution in [3.05, 3.63) is 73.6 Å². The first kappa shape index (κ1) is 16.2. The average molecular weight is 340 g/mol. The van der Waals surface area contributed by atoms with Gasteiger partial charge in [-0.25, -0.2) is 4.98 Å². The Morgan fingerprint density at radius 3 is 2.08 bits per heavy atom. The number of aryl methyl sites for hydroxylation is 2. The topological polar surface area (TPSA) is 121 Å². The van der Waals surface area contributed by atoms with E-state index in [-0.39, 0.29) is 5.56 Å². The first-order valence-electron chi connectivity index (χ1n) is 7.21. The number of hydrogen-bond donors (Lipinski definition) is 0. The number of hydrogen-bond acceptors (Lipinski definition) is 6. The van der Waals surface area contributed by atoms with Gasteiger partial charge in [-0.2, -0.15) is 0 Å². The van der Waals surface area contributed by atoms with Gasteiger partial charge in [-0.05, 0) is 37.1 Å². The number of imidazole rings is 1. The van der Waals surface area contributed by atoms with E-state index in [9.17, 15) is 25.0 Å². The molecule has 0 fully saturated rings. The van der Waals surface area contributed by atoms with Gasteiger partial charge in [-0.3, -0.25) is 29.6 Å². The largest absolute Gasteiger partial charge is 0.277 e. The average Bonchev–Trinajstić information content (AvgIpc) is 2.96. The molecule has 0 N–H and O–H groups in total. The van der Waals surface area contributed by atoms with Gasteiger partial charge in [0.15, 0.2) is 0 Å². The van der Waals surface area contributed by atoms with Crippen molar-refractivity contribution < 1.29 is 14.6 Å². The van der Waals surface area contributed by atoms with E-state index < -0.39 is 27.1 Å². The van der Waals surface area contributed by atoms with Crippen LogP contribution in [0.5, 0.6) is 0 Å². The lowest BCUT2D eigenvalue weighted by molar-refractivity contribution is -0.394. The normalized spacial score (nSPS) is 10.8. The number of nitro groups is 2. The van der Waals surface area contributed by atoms with Gasteiger partial charge in [0.1, 0.15) is 6.33 Å². The second-order valence-corrected chi connectivity index (χ2v) is 5.60. The number of nitrogens with zero attached hydrogens (tertiary/aromatic N) is 4. The number of aromatic nitrogens is 2. The van der Waals surface area contributed by atoms with Gasteiger partial charge in [0.2, 0.25) is 0 Å². The van der Waals surface area contributed by atoms with E-state index in [4.69, 9.17) is 0 Å². The van der Waals surface area contributed by atoms with Crippen LogP contribution in [-0.4, -0.2) is 25.3 Å². The van der Waals surface area contributed by atoms with Crippen LogP contribution in [0.15, 0.2) is 36.7 Å². The summed E-state index contributed by atoms with van der Waals surface area (Å²) in [6.07, 6.45) is 1.30. The van der Waals surface area contributed by atoms with E-state index in [0.717, 1.165) is 29.3 Å². The maximum Gasteiger partial charge on any atom is 0.277 e. The Morgan fingerprint density at radius 1 is 0.960 bits per heavy atom. The lowest BCUT2D eigenvalue weighted by atomic mass is 10.1. The van der Waals surface area contributed by atoms with E-state index in [2.05, 4.69) is 4.98 Å². The lowest BCUT2D eigenvalue weighted by Gasteiger charge is -2.05. The zero-order valence-corrected chi connectivity index (χ0v) is 13.3. The van der Waals surface area contributed by atoms with Crippen molar-refractivity contribution in [2.24, 2.45) is 0 Å². The molecule has 0 amide bonds. The summed E-state index contributed by atoms with van der Waals surface area (Å²) in [4.78, 5) is 37.3. The molecule has 25 heavy (non-hydrogen) atoms. The van der Waals surface area contributed by atoms with Crippen LogP contribution in [0.1, 0.15) is 21.5 Å². The maximum atomic E-state index is 12.7. The molecule has 3 aromatic rings. The minimum absolute atomic E-state index is 0.154. The van der Waals surface area contributed by atoms with E-state index in [0.29, 0.717) is 11.0 Å². The Kier molecular flexibility index (Phi) is 3.76. The molecule has 0 saturated heterocycles. The molecule has 0 aliphatic heterocycles. The summed E-state index contributed by atoms with van der Waals surface area (Å²) >= 11 is 0. The summed E-state index contributed by atoms with van der Waals surface area (Å²) in [6.45, 7) is 3.80. The monoisotopic (exact) mass is 340 g/mol. The second-order valence-electron chi connectivity index (χ2n) is 5.60. The predicted octanol–water partition coefficient (Wildman–Crippen LogP) is 3.16. The zero-order chi connectivity index (χ0) is 18.3. The van der Waals surface area contributed by atoms with Gasteiger partial charge < -0.3 is 0 Å². The van der Waals surface area contributed by atoms with Gasteiger partial charge in [-0.15, -0.1) is 0 Å². The van der Waals surface area contributed by atoms with Crippen molar-refractivity contribution in [1.29, 1.82) is 0 Å². The number of benzene rings is 2. The van der Waals surface area contributed by atoms with E-state index >= 15 is 0 Å². The highest BCUT2D eigenvalue weighted by Crippen LogP contribution is 2.25. The number of non-ortho nitro benzene ring substituents is 2. The maximum absolute atomic E-state index is 12.7. The standard InChI is InChI=1S/C16H12N4O5/c1-9-3-14-15(4-10(9)2)18(8-17-14)16(21)11-5-12(19(22)23)7-13(6-11)20(24)25/h3-8H,1-2H3. The molecule has 9 heteroatoms. The van der Waals surface area contributed by atoms with Crippen LogP contribution in [0.2, 0.25) is 0 Å². The highest BCUT2D eigenvalue weighted by atomic mass is 16.6. The molecule has 0 unspecified atom stereocenters. The molecule has 1 aromatic heterocycles. The molecular weight excluding hydrogens is 328 g/mol. The quantitative estimate of drug-likeness (QED) is 0.533. The van der Waals surface area contributed by atoms with Crippen molar-refractivity contribution in [3.8, 4) is 0 Å². The first-order valence-corrected chi connectivity index (χ1v) is 7.21. The third-order valence-corrected chi connectivity index (χ3v) is 3.95. The van der Waals surface area contributed by atoms with Gasteiger partial charge in [-0.1, -0.05) is 0 Å². The van der Waals surface area contributed by atoms with Crippen molar-refractivity contribution in [3.63, 3.8) is 0 Å². The van der Waals surface area contributed by atoms with Crippen LogP contribution in [-0.2, 0) is 0 Å². The van der Waals surface area contributed by atoms with E-state index in [1.807, 2.05) is 19.9 Å². The van der Waals surface area contributed by atoms with Gasteiger partial charge in [0.25, 0.3) is 17.3 Å². The molecule has 3 rings (SSSR count). The third-order valence-electron chi connectivity index (χ3n) is 3.95. The summed E-state index contributed by atoms with van der Waals surface area (Å²) in [7, 11) is 0. The van der Waals surface area contributed by atoms with Crippen molar-refractivity contribution in [2.75, 3.05) is 0 Å². The van der Waals surface area contributed by atoms with Crippen LogP contribution in [0.3, 0.4) is 0 Å². The third kappa shape index (κ3) is 2.82. The highest BCUT2D eigenvalue weighted by molar-refractivity contribution is 6.02. The van der Waals surface area contributed by atoms with Crippen LogP contribution < -0.4 is 0 Å². The Labute approximate surface area is 140 Å². The van der Waals surface area contributed by atoms with Crippen LogP contribution in [0, 0.1) is 34.1 Å². The zero-order valence-electron chi connectivity index (χ0n) is 13.3. The number of carbonyl (C=O) groups is 1. The van der Waals surface area contributed by atoms with Gasteiger partial charge in [0.05, 0.1) is 32.5 Å². The molecule has 0 spiro atoms. The predicted molar refractivity (Wildman–Crippen MR) is 88.7 cm³/mol. The summed E-state index contributed by atoms with van der Waals surface area (Å²) in [6, 6.07) is 6.45. The molecule has 0 aliphatic rings. The first-order chi connectivity index (χ1) is 11.8. The molecule has 0 saturated carbocycles. The molecule has 0 aliphatic carbocycles. The molecule has 126 valence electrons. The van der Waals surface area contributed by atoms with E-state index in [1.54, 1.807) is 6.07 Å².